The molecule has 0 bridgehead atoms. The average molecular weight is 271 g/mol. The number of phenols is 1. The molecule has 3 heteroatoms. The molecule has 0 aliphatic heterocycles. The number of phenolic OH excluding ortho intramolecular Hbond substituents is 1. The second-order valence-electron chi connectivity index (χ2n) is 4.89. The Morgan fingerprint density at radius 3 is 2.55 bits per heavy atom. The monoisotopic (exact) mass is 271 g/mol. The van der Waals surface area contributed by atoms with Crippen molar-refractivity contribution in [2.45, 2.75) is 32.4 Å². The van der Waals surface area contributed by atoms with Crippen molar-refractivity contribution in [2.75, 3.05) is 0 Å². The maximum Gasteiger partial charge on any atom is 0.124 e. The van der Waals surface area contributed by atoms with Crippen molar-refractivity contribution in [2.24, 2.45) is 5.73 Å². The number of ether oxygens (including phenoxy) is 1. The van der Waals surface area contributed by atoms with Crippen molar-refractivity contribution >= 4 is 0 Å². The first-order chi connectivity index (χ1) is 9.70. The van der Waals surface area contributed by atoms with Crippen LogP contribution in [0.1, 0.15) is 36.9 Å². The number of nitrogens with two attached hydrogens (primary N) is 1. The molecule has 1 atom stereocenters. The van der Waals surface area contributed by atoms with Crippen molar-refractivity contribution in [1.29, 1.82) is 0 Å². The number of hydrogen-bond acceptors (Lipinski definition) is 3. The van der Waals surface area contributed by atoms with Crippen LogP contribution >= 0.6 is 0 Å². The van der Waals surface area contributed by atoms with Crippen LogP contribution in [-0.4, -0.2) is 5.11 Å². The highest BCUT2D eigenvalue weighted by Crippen LogP contribution is 2.29. The first kappa shape index (κ1) is 14.4. The van der Waals surface area contributed by atoms with Crippen molar-refractivity contribution in [3.05, 3.63) is 59.7 Å². The van der Waals surface area contributed by atoms with Crippen LogP contribution in [0, 0.1) is 0 Å². The van der Waals surface area contributed by atoms with Gasteiger partial charge in [-0.2, -0.15) is 0 Å². The van der Waals surface area contributed by atoms with Crippen LogP contribution in [0.25, 0.3) is 0 Å². The second-order valence-corrected chi connectivity index (χ2v) is 4.89. The molecular weight excluding hydrogens is 250 g/mol. The van der Waals surface area contributed by atoms with E-state index in [-0.39, 0.29) is 11.8 Å². The van der Waals surface area contributed by atoms with E-state index in [4.69, 9.17) is 10.5 Å². The molecule has 0 saturated heterocycles. The third-order valence-electron chi connectivity index (χ3n) is 3.25. The van der Waals surface area contributed by atoms with Crippen LogP contribution in [0.15, 0.2) is 48.5 Å². The minimum absolute atomic E-state index is 0.122. The van der Waals surface area contributed by atoms with Crippen LogP contribution < -0.4 is 10.5 Å². The van der Waals surface area contributed by atoms with Gasteiger partial charge in [0.2, 0.25) is 0 Å². The van der Waals surface area contributed by atoms with Crippen LogP contribution in [0.2, 0.25) is 0 Å². The largest absolute Gasteiger partial charge is 0.507 e. The highest BCUT2D eigenvalue weighted by molar-refractivity contribution is 5.41. The molecule has 0 heterocycles. The molecule has 2 rings (SSSR count). The van der Waals surface area contributed by atoms with Gasteiger partial charge in [0, 0.05) is 17.7 Å². The molecule has 0 spiro atoms. The van der Waals surface area contributed by atoms with Gasteiger partial charge in [0.05, 0.1) is 0 Å². The summed E-state index contributed by atoms with van der Waals surface area (Å²) in [7, 11) is 0. The van der Waals surface area contributed by atoms with Crippen molar-refractivity contribution in [3.63, 3.8) is 0 Å². The van der Waals surface area contributed by atoms with E-state index >= 15 is 0 Å². The van der Waals surface area contributed by atoms with E-state index in [1.807, 2.05) is 42.5 Å². The Bertz CT molecular complexity index is 540. The summed E-state index contributed by atoms with van der Waals surface area (Å²) in [6.07, 6.45) is 1.85. The Balaban J connectivity index is 2.02. The van der Waals surface area contributed by atoms with Crippen molar-refractivity contribution in [1.82, 2.24) is 0 Å². The van der Waals surface area contributed by atoms with Crippen LogP contribution in [0.5, 0.6) is 11.5 Å². The standard InChI is InChI=1S/C17H21NO2/c1-2-6-16(18)15-10-9-14(11-17(15)19)20-12-13-7-4-3-5-8-13/h3-5,7-11,16,19H,2,6,12,18H2,1H3/t16-/m0/s1. The van der Waals surface area contributed by atoms with E-state index in [2.05, 4.69) is 6.92 Å². The Morgan fingerprint density at radius 1 is 1.15 bits per heavy atom. The molecule has 20 heavy (non-hydrogen) atoms. The van der Waals surface area contributed by atoms with E-state index in [0.717, 1.165) is 24.0 Å². The van der Waals surface area contributed by atoms with E-state index in [1.165, 1.54) is 0 Å². The molecule has 0 amide bonds. The minimum atomic E-state index is -0.122. The Labute approximate surface area is 120 Å². The van der Waals surface area contributed by atoms with Gasteiger partial charge < -0.3 is 15.6 Å². The summed E-state index contributed by atoms with van der Waals surface area (Å²) in [4.78, 5) is 0. The third-order valence-corrected chi connectivity index (χ3v) is 3.25. The normalized spacial score (nSPS) is 12.1. The second kappa shape index (κ2) is 6.96. The molecule has 0 aliphatic rings. The molecule has 2 aromatic carbocycles. The summed E-state index contributed by atoms with van der Waals surface area (Å²) in [6.45, 7) is 2.56. The Morgan fingerprint density at radius 2 is 1.90 bits per heavy atom. The van der Waals surface area contributed by atoms with Crippen LogP contribution in [0.4, 0.5) is 0 Å². The molecule has 0 aromatic heterocycles. The predicted octanol–water partition coefficient (Wildman–Crippen LogP) is 3.77. The zero-order valence-corrected chi connectivity index (χ0v) is 11.8. The van der Waals surface area contributed by atoms with Gasteiger partial charge in [-0.25, -0.2) is 0 Å². The molecule has 0 radical (unpaired) electrons. The Hall–Kier alpha value is -2.00. The summed E-state index contributed by atoms with van der Waals surface area (Å²) < 4.78 is 5.67. The van der Waals surface area contributed by atoms with Gasteiger partial charge in [-0.3, -0.25) is 0 Å². The average Bonchev–Trinajstić information content (AvgIpc) is 2.46. The summed E-state index contributed by atoms with van der Waals surface area (Å²) >= 11 is 0. The highest BCUT2D eigenvalue weighted by Gasteiger charge is 2.10. The van der Waals surface area contributed by atoms with Gasteiger partial charge in [-0.15, -0.1) is 0 Å². The number of rotatable bonds is 6. The molecule has 3 nitrogen and oxygen atoms in total. The molecule has 0 saturated carbocycles. The number of aromatic hydroxyl groups is 1. The van der Waals surface area contributed by atoms with Gasteiger partial charge in [0.1, 0.15) is 18.1 Å². The third kappa shape index (κ3) is 3.75. The van der Waals surface area contributed by atoms with E-state index < -0.39 is 0 Å². The van der Waals surface area contributed by atoms with E-state index in [1.54, 1.807) is 6.07 Å². The van der Waals surface area contributed by atoms with Gasteiger partial charge in [0.25, 0.3) is 0 Å². The SMILES string of the molecule is CCC[C@H](N)c1ccc(OCc2ccccc2)cc1O. The molecule has 0 unspecified atom stereocenters. The molecular formula is C17H21NO2. The zero-order valence-electron chi connectivity index (χ0n) is 11.8. The van der Waals surface area contributed by atoms with Crippen molar-refractivity contribution in [3.8, 4) is 11.5 Å². The lowest BCUT2D eigenvalue weighted by Crippen LogP contribution is -2.09. The highest BCUT2D eigenvalue weighted by atomic mass is 16.5. The number of hydrogen-bond donors (Lipinski definition) is 2. The van der Waals surface area contributed by atoms with Gasteiger partial charge in [-0.1, -0.05) is 49.7 Å². The molecule has 106 valence electrons. The molecule has 0 fully saturated rings. The van der Waals surface area contributed by atoms with Crippen LogP contribution in [0.3, 0.4) is 0 Å². The maximum absolute atomic E-state index is 10.0. The lowest BCUT2D eigenvalue weighted by molar-refractivity contribution is 0.304. The smallest absolute Gasteiger partial charge is 0.124 e. The Kier molecular flexibility index (Phi) is 5.02. The van der Waals surface area contributed by atoms with Gasteiger partial charge in [-0.05, 0) is 18.1 Å². The summed E-state index contributed by atoms with van der Waals surface area (Å²) in [6, 6.07) is 15.1. The molecule has 3 N–H and O–H groups in total. The first-order valence-corrected chi connectivity index (χ1v) is 6.96. The van der Waals surface area contributed by atoms with Crippen molar-refractivity contribution < 1.29 is 9.84 Å². The summed E-state index contributed by atoms with van der Waals surface area (Å²) in [5.41, 5.74) is 7.89. The lowest BCUT2D eigenvalue weighted by Gasteiger charge is -2.14. The van der Waals surface area contributed by atoms with Gasteiger partial charge >= 0.3 is 0 Å². The lowest BCUT2D eigenvalue weighted by atomic mass is 10.0. The van der Waals surface area contributed by atoms with Gasteiger partial charge in [0.15, 0.2) is 0 Å². The minimum Gasteiger partial charge on any atom is -0.507 e. The fraction of sp³-hybridized carbons (Fsp3) is 0.294. The first-order valence-electron chi connectivity index (χ1n) is 6.96. The van der Waals surface area contributed by atoms with Crippen LogP contribution in [-0.2, 0) is 6.61 Å². The predicted molar refractivity (Wildman–Crippen MR) is 80.7 cm³/mol. The molecule has 0 aliphatic carbocycles. The summed E-state index contributed by atoms with van der Waals surface area (Å²) in [5.74, 6) is 0.857. The summed E-state index contributed by atoms with van der Waals surface area (Å²) in [5, 5.41) is 10.0. The zero-order chi connectivity index (χ0) is 14.4. The van der Waals surface area contributed by atoms with E-state index in [9.17, 15) is 5.11 Å². The quantitative estimate of drug-likeness (QED) is 0.840. The fourth-order valence-electron chi connectivity index (χ4n) is 2.13. The molecule has 2 aromatic rings. The number of benzene rings is 2. The fourth-order valence-corrected chi connectivity index (χ4v) is 2.13. The topological polar surface area (TPSA) is 55.5 Å². The maximum atomic E-state index is 10.0. The van der Waals surface area contributed by atoms with E-state index in [0.29, 0.717) is 12.4 Å².